The third-order valence-corrected chi connectivity index (χ3v) is 3.45. The van der Waals surface area contributed by atoms with E-state index in [0.29, 0.717) is 13.2 Å². The molecule has 0 aromatic carbocycles. The van der Waals surface area contributed by atoms with Gasteiger partial charge in [-0.25, -0.2) is 0 Å². The van der Waals surface area contributed by atoms with E-state index in [0.717, 1.165) is 24.3 Å². The Kier molecular flexibility index (Phi) is 4.67. The summed E-state index contributed by atoms with van der Waals surface area (Å²) in [6.45, 7) is 1.78. The number of thiophene rings is 1. The molecule has 0 saturated carbocycles. The van der Waals surface area contributed by atoms with Gasteiger partial charge in [-0.1, -0.05) is 12.1 Å². The summed E-state index contributed by atoms with van der Waals surface area (Å²) < 4.78 is 5.62. The summed E-state index contributed by atoms with van der Waals surface area (Å²) in [6, 6.07) is 8.08. The van der Waals surface area contributed by atoms with Gasteiger partial charge in [0.15, 0.2) is 0 Å². The molecule has 2 aromatic rings. The molecule has 2 rings (SSSR count). The molecule has 90 valence electrons. The summed E-state index contributed by atoms with van der Waals surface area (Å²) in [7, 11) is 0. The minimum absolute atomic E-state index is 0.511. The first kappa shape index (κ1) is 12.2. The quantitative estimate of drug-likeness (QED) is 0.798. The first-order valence-electron chi connectivity index (χ1n) is 5.63. The van der Waals surface area contributed by atoms with Gasteiger partial charge in [0, 0.05) is 24.0 Å². The molecular formula is C13H16N2OS. The molecule has 0 atom stereocenters. The van der Waals surface area contributed by atoms with Crippen LogP contribution in [0.5, 0.6) is 0 Å². The Balaban J connectivity index is 1.78. The number of pyridine rings is 1. The van der Waals surface area contributed by atoms with Crippen LogP contribution >= 0.6 is 11.3 Å². The first-order valence-corrected chi connectivity index (χ1v) is 6.51. The molecule has 0 saturated heterocycles. The number of rotatable bonds is 6. The van der Waals surface area contributed by atoms with E-state index < -0.39 is 0 Å². The Morgan fingerprint density at radius 3 is 3.00 bits per heavy atom. The fourth-order valence-corrected chi connectivity index (χ4v) is 2.27. The van der Waals surface area contributed by atoms with E-state index in [-0.39, 0.29) is 0 Å². The molecule has 2 N–H and O–H groups in total. The number of ether oxygens (including phenoxy) is 1. The zero-order valence-electron chi connectivity index (χ0n) is 9.63. The van der Waals surface area contributed by atoms with Crippen LogP contribution in [0.1, 0.15) is 16.1 Å². The summed E-state index contributed by atoms with van der Waals surface area (Å²) in [5, 5.41) is 2.08. The zero-order valence-corrected chi connectivity index (χ0v) is 10.5. The molecule has 17 heavy (non-hydrogen) atoms. The van der Waals surface area contributed by atoms with E-state index in [2.05, 4.69) is 22.5 Å². The SMILES string of the molecule is NCc1cccnc1COCCc1cccs1. The lowest BCUT2D eigenvalue weighted by atomic mass is 10.2. The van der Waals surface area contributed by atoms with Gasteiger partial charge >= 0.3 is 0 Å². The Labute approximate surface area is 105 Å². The lowest BCUT2D eigenvalue weighted by Crippen LogP contribution is -2.06. The van der Waals surface area contributed by atoms with Crippen molar-refractivity contribution in [3.8, 4) is 0 Å². The van der Waals surface area contributed by atoms with Gasteiger partial charge in [-0.3, -0.25) is 4.98 Å². The van der Waals surface area contributed by atoms with Crippen molar-refractivity contribution in [3.63, 3.8) is 0 Å². The van der Waals surface area contributed by atoms with Crippen LogP contribution in [0.4, 0.5) is 0 Å². The second-order valence-electron chi connectivity index (χ2n) is 3.70. The van der Waals surface area contributed by atoms with Crippen LogP contribution in [0.2, 0.25) is 0 Å². The monoisotopic (exact) mass is 248 g/mol. The van der Waals surface area contributed by atoms with Gasteiger partial charge in [-0.15, -0.1) is 11.3 Å². The Morgan fingerprint density at radius 1 is 1.29 bits per heavy atom. The van der Waals surface area contributed by atoms with Crippen molar-refractivity contribution in [1.82, 2.24) is 4.98 Å². The van der Waals surface area contributed by atoms with E-state index in [9.17, 15) is 0 Å². The molecule has 0 unspecified atom stereocenters. The molecular weight excluding hydrogens is 232 g/mol. The van der Waals surface area contributed by atoms with Crippen LogP contribution in [0.3, 0.4) is 0 Å². The lowest BCUT2D eigenvalue weighted by Gasteiger charge is -2.06. The highest BCUT2D eigenvalue weighted by atomic mass is 32.1. The molecule has 3 nitrogen and oxygen atoms in total. The average Bonchev–Trinajstić information content (AvgIpc) is 2.88. The van der Waals surface area contributed by atoms with Gasteiger partial charge in [0.05, 0.1) is 18.9 Å². The lowest BCUT2D eigenvalue weighted by molar-refractivity contribution is 0.121. The average molecular weight is 248 g/mol. The Morgan fingerprint density at radius 2 is 2.24 bits per heavy atom. The molecule has 0 fully saturated rings. The molecule has 4 heteroatoms. The fourth-order valence-electron chi connectivity index (χ4n) is 1.58. The maximum atomic E-state index is 5.64. The maximum absolute atomic E-state index is 5.64. The number of hydrogen-bond acceptors (Lipinski definition) is 4. The number of aromatic nitrogens is 1. The predicted molar refractivity (Wildman–Crippen MR) is 69.8 cm³/mol. The van der Waals surface area contributed by atoms with E-state index in [1.54, 1.807) is 17.5 Å². The molecule has 0 amide bonds. The fraction of sp³-hybridized carbons (Fsp3) is 0.308. The van der Waals surface area contributed by atoms with Crippen LogP contribution in [-0.4, -0.2) is 11.6 Å². The topological polar surface area (TPSA) is 48.1 Å². The standard InChI is InChI=1S/C13H16N2OS/c14-9-11-3-1-6-15-13(11)10-16-7-5-12-4-2-8-17-12/h1-4,6,8H,5,7,9-10,14H2. The van der Waals surface area contributed by atoms with E-state index in [1.807, 2.05) is 12.1 Å². The maximum Gasteiger partial charge on any atom is 0.0891 e. The summed E-state index contributed by atoms with van der Waals surface area (Å²) in [6.07, 6.45) is 2.74. The van der Waals surface area contributed by atoms with Gasteiger partial charge in [0.1, 0.15) is 0 Å². The van der Waals surface area contributed by atoms with Crippen LogP contribution in [0, 0.1) is 0 Å². The Hall–Kier alpha value is -1.23. The van der Waals surface area contributed by atoms with Crippen molar-refractivity contribution in [2.45, 2.75) is 19.6 Å². The van der Waals surface area contributed by atoms with Crippen molar-refractivity contribution in [2.75, 3.05) is 6.61 Å². The highest BCUT2D eigenvalue weighted by Crippen LogP contribution is 2.10. The molecule has 0 aliphatic carbocycles. The summed E-state index contributed by atoms with van der Waals surface area (Å²) in [4.78, 5) is 5.63. The van der Waals surface area contributed by atoms with Crippen LogP contribution < -0.4 is 5.73 Å². The van der Waals surface area contributed by atoms with Crippen LogP contribution in [-0.2, 0) is 24.3 Å². The highest BCUT2D eigenvalue weighted by molar-refractivity contribution is 7.09. The van der Waals surface area contributed by atoms with Gasteiger partial charge in [-0.2, -0.15) is 0 Å². The van der Waals surface area contributed by atoms with Crippen LogP contribution in [0.25, 0.3) is 0 Å². The van der Waals surface area contributed by atoms with Gasteiger partial charge in [0.2, 0.25) is 0 Å². The third kappa shape index (κ3) is 3.63. The van der Waals surface area contributed by atoms with Gasteiger partial charge in [-0.05, 0) is 23.1 Å². The second kappa shape index (κ2) is 6.49. The number of hydrogen-bond donors (Lipinski definition) is 1. The van der Waals surface area contributed by atoms with Crippen LogP contribution in [0.15, 0.2) is 35.8 Å². The van der Waals surface area contributed by atoms with E-state index >= 15 is 0 Å². The normalized spacial score (nSPS) is 10.6. The molecule has 0 aliphatic heterocycles. The van der Waals surface area contributed by atoms with Crippen molar-refractivity contribution in [3.05, 3.63) is 52.0 Å². The first-order chi connectivity index (χ1) is 8.40. The number of nitrogens with zero attached hydrogens (tertiary/aromatic N) is 1. The smallest absolute Gasteiger partial charge is 0.0891 e. The third-order valence-electron chi connectivity index (χ3n) is 2.52. The van der Waals surface area contributed by atoms with Crippen molar-refractivity contribution >= 4 is 11.3 Å². The van der Waals surface area contributed by atoms with Crippen molar-refractivity contribution < 1.29 is 4.74 Å². The molecule has 0 aliphatic rings. The van der Waals surface area contributed by atoms with Crippen molar-refractivity contribution in [1.29, 1.82) is 0 Å². The minimum atomic E-state index is 0.511. The largest absolute Gasteiger partial charge is 0.375 e. The molecule has 0 spiro atoms. The minimum Gasteiger partial charge on any atom is -0.375 e. The number of nitrogens with two attached hydrogens (primary N) is 1. The predicted octanol–water partition coefficient (Wildman–Crippen LogP) is 2.36. The zero-order chi connectivity index (χ0) is 11.9. The van der Waals surface area contributed by atoms with Crippen molar-refractivity contribution in [2.24, 2.45) is 5.73 Å². The Bertz CT molecular complexity index is 442. The summed E-state index contributed by atoms with van der Waals surface area (Å²) >= 11 is 1.76. The molecule has 2 aromatic heterocycles. The highest BCUT2D eigenvalue weighted by Gasteiger charge is 2.01. The van der Waals surface area contributed by atoms with E-state index in [1.165, 1.54) is 4.88 Å². The summed E-state index contributed by atoms with van der Waals surface area (Å²) in [5.74, 6) is 0. The van der Waals surface area contributed by atoms with E-state index in [4.69, 9.17) is 10.5 Å². The molecule has 2 heterocycles. The van der Waals surface area contributed by atoms with Gasteiger partial charge < -0.3 is 10.5 Å². The molecule has 0 radical (unpaired) electrons. The second-order valence-corrected chi connectivity index (χ2v) is 4.73. The summed E-state index contributed by atoms with van der Waals surface area (Å²) in [5.41, 5.74) is 7.64. The van der Waals surface area contributed by atoms with Gasteiger partial charge in [0.25, 0.3) is 0 Å². The molecule has 0 bridgehead atoms.